The Morgan fingerprint density at radius 2 is 0.815 bits per heavy atom. The summed E-state index contributed by atoms with van der Waals surface area (Å²) in [7, 11) is 0. The Kier molecular flexibility index (Phi) is 10.4. The second-order valence-electron chi connectivity index (χ2n) is 8.45. The van der Waals surface area contributed by atoms with E-state index in [2.05, 4.69) is 69.2 Å². The molecule has 0 unspecified atom stereocenters. The molecule has 0 aromatic heterocycles. The molecule has 2 nitrogen and oxygen atoms in total. The maximum atomic E-state index is 8.93. The fourth-order valence-corrected chi connectivity index (χ4v) is 8.73. The van der Waals surface area contributed by atoms with Gasteiger partial charge in [-0.3, -0.25) is 0 Å². The maximum absolute atomic E-state index is 8.93. The molecule has 0 N–H and O–H groups in total. The molecule has 0 aromatic carbocycles. The third-order valence-corrected chi connectivity index (χ3v) is 12.5. The van der Waals surface area contributed by atoms with Crippen molar-refractivity contribution < 1.29 is 33.4 Å². The molecule has 0 heterocycles. The fraction of sp³-hybridized carbons (Fsp3) is 0.667. The van der Waals surface area contributed by atoms with Crippen molar-refractivity contribution in [1.82, 2.24) is 0 Å². The topological polar surface area (TPSA) is 46.1 Å². The third kappa shape index (κ3) is 5.43. The van der Waals surface area contributed by atoms with Gasteiger partial charge in [-0.1, -0.05) is 13.8 Å². The average molecular weight is 452 g/mol. The molecule has 0 aromatic rings. The quantitative estimate of drug-likeness (QED) is 0.586. The average Bonchev–Trinajstić information content (AvgIpc) is 2.81. The monoisotopic (exact) mass is 450 g/mol. The zero-order chi connectivity index (χ0) is 21.7. The molecule has 0 aliphatic heterocycles. The van der Waals surface area contributed by atoms with Crippen molar-refractivity contribution in [2.75, 3.05) is 13.2 Å². The first-order valence-electron chi connectivity index (χ1n) is 9.99. The fourth-order valence-electron chi connectivity index (χ4n) is 3.81. The van der Waals surface area contributed by atoms with Crippen LogP contribution in [0.1, 0.15) is 83.1 Å². The maximum Gasteiger partial charge on any atom is -0.0809 e. The van der Waals surface area contributed by atoms with E-state index in [1.54, 1.807) is 53.8 Å². The van der Waals surface area contributed by atoms with Crippen molar-refractivity contribution >= 4 is 0 Å². The molecule has 27 heavy (non-hydrogen) atoms. The summed E-state index contributed by atoms with van der Waals surface area (Å²) in [6, 6.07) is 0. The minimum atomic E-state index is -0.730. The molecule has 152 valence electrons. The zero-order valence-electron chi connectivity index (χ0n) is 19.7. The van der Waals surface area contributed by atoms with Crippen LogP contribution < -0.4 is 10.2 Å². The van der Waals surface area contributed by atoms with E-state index in [4.69, 9.17) is 10.2 Å². The van der Waals surface area contributed by atoms with E-state index in [1.165, 1.54) is 0 Å². The first-order chi connectivity index (χ1) is 12.3. The van der Waals surface area contributed by atoms with Crippen molar-refractivity contribution in [3.63, 3.8) is 0 Å². The molecule has 2 aliphatic carbocycles. The van der Waals surface area contributed by atoms with Crippen LogP contribution in [-0.4, -0.2) is 13.2 Å². The molecule has 0 fully saturated rings. The molecule has 0 bridgehead atoms. The zero-order valence-corrected chi connectivity index (χ0v) is 22.2. The van der Waals surface area contributed by atoms with Crippen molar-refractivity contribution in [1.29, 1.82) is 0 Å². The summed E-state index contributed by atoms with van der Waals surface area (Å²) in [4.78, 5) is 0. The van der Waals surface area contributed by atoms with E-state index in [0.717, 1.165) is 0 Å². The van der Waals surface area contributed by atoms with Gasteiger partial charge in [0.15, 0.2) is 0 Å². The van der Waals surface area contributed by atoms with Gasteiger partial charge in [0, 0.05) is 0 Å². The Morgan fingerprint density at radius 1 is 0.593 bits per heavy atom. The molecule has 2 aliphatic rings. The molecule has 0 amide bonds. The molecular weight excluding hydrogens is 411 g/mol. The minimum Gasteiger partial charge on any atom is -0.855 e. The number of rotatable bonds is 2. The molecule has 0 radical (unpaired) electrons. The van der Waals surface area contributed by atoms with Crippen LogP contribution >= 0.6 is 0 Å². The van der Waals surface area contributed by atoms with Gasteiger partial charge in [0.1, 0.15) is 0 Å². The van der Waals surface area contributed by atoms with Gasteiger partial charge < -0.3 is 10.2 Å². The van der Waals surface area contributed by atoms with Crippen LogP contribution in [0.4, 0.5) is 0 Å². The predicted molar refractivity (Wildman–Crippen MR) is 111 cm³/mol. The summed E-state index contributed by atoms with van der Waals surface area (Å²) in [6.45, 7) is 26.9. The van der Waals surface area contributed by atoms with Gasteiger partial charge in [0.05, 0.1) is 0 Å². The van der Waals surface area contributed by atoms with E-state index >= 15 is 0 Å². The molecule has 0 atom stereocenters. The van der Waals surface area contributed by atoms with Crippen LogP contribution in [0.25, 0.3) is 0 Å². The number of hydrogen-bond acceptors (Lipinski definition) is 2. The number of hydrogen-bond donors (Lipinski definition) is 0. The first-order valence-corrected chi connectivity index (χ1v) is 12.4. The van der Waals surface area contributed by atoms with Gasteiger partial charge in [-0.05, 0) is 0 Å². The Hall–Kier alpha value is -0.237. The van der Waals surface area contributed by atoms with Crippen LogP contribution in [0, 0.1) is 10.8 Å². The van der Waals surface area contributed by atoms with Crippen molar-refractivity contribution in [2.45, 2.75) is 83.1 Å². The molecule has 0 spiro atoms. The molecular formula is C24H40O2Zr. The van der Waals surface area contributed by atoms with Gasteiger partial charge in [-0.25, -0.2) is 0 Å². The predicted octanol–water partition coefficient (Wildman–Crippen LogP) is 5.10. The SMILES string of the molecule is CC1=C(C)C(C)(C)[C]([Zr+2][C]2=C(C)C(C)=C(C)C2(C)C)=C1C.CC[O-].CC[O-]. The van der Waals surface area contributed by atoms with E-state index in [-0.39, 0.29) is 24.0 Å². The van der Waals surface area contributed by atoms with Crippen molar-refractivity contribution in [3.05, 3.63) is 40.0 Å². The number of allylic oxidation sites excluding steroid dienone is 8. The van der Waals surface area contributed by atoms with E-state index in [1.807, 2.05) is 0 Å². The second kappa shape index (κ2) is 10.5. The van der Waals surface area contributed by atoms with Gasteiger partial charge in [-0.15, -0.1) is 13.2 Å². The van der Waals surface area contributed by atoms with Crippen LogP contribution in [0.3, 0.4) is 0 Å². The molecule has 0 saturated carbocycles. The van der Waals surface area contributed by atoms with Gasteiger partial charge >= 0.3 is 143 Å². The van der Waals surface area contributed by atoms with E-state index < -0.39 is 23.2 Å². The van der Waals surface area contributed by atoms with Crippen LogP contribution in [0.2, 0.25) is 0 Å². The molecule has 2 rings (SSSR count). The third-order valence-electron chi connectivity index (χ3n) is 6.38. The standard InChI is InChI=1S/2C10H15.2C2H5O.Zr/c2*1-7-6-10(4,5)9(3)8(7)2;2*1-2-3;/h2*1-5H3;2*2H2,1H3;/q;;2*-1;+2. The Bertz CT molecular complexity index is 612. The second-order valence-corrected chi connectivity index (χ2v) is 11.5. The minimum absolute atomic E-state index is 0. The van der Waals surface area contributed by atoms with Crippen molar-refractivity contribution in [3.8, 4) is 0 Å². The van der Waals surface area contributed by atoms with E-state index in [9.17, 15) is 0 Å². The first kappa shape index (κ1) is 26.8. The van der Waals surface area contributed by atoms with Gasteiger partial charge in [0.2, 0.25) is 0 Å². The summed E-state index contributed by atoms with van der Waals surface area (Å²) in [6.07, 6.45) is 0. The molecule has 3 heteroatoms. The summed E-state index contributed by atoms with van der Waals surface area (Å²) in [5.74, 6) is 0. The van der Waals surface area contributed by atoms with Crippen LogP contribution in [0.5, 0.6) is 0 Å². The summed E-state index contributed by atoms with van der Waals surface area (Å²) < 4.78 is 3.59. The van der Waals surface area contributed by atoms with E-state index in [0.29, 0.717) is 0 Å². The Morgan fingerprint density at radius 3 is 0.963 bits per heavy atom. The summed E-state index contributed by atoms with van der Waals surface area (Å²) in [5, 5.41) is 17.9. The summed E-state index contributed by atoms with van der Waals surface area (Å²) >= 11 is -0.730. The normalized spacial score (nSPS) is 20.4. The molecule has 0 saturated heterocycles. The van der Waals surface area contributed by atoms with Gasteiger partial charge in [0.25, 0.3) is 0 Å². The van der Waals surface area contributed by atoms with Gasteiger partial charge in [-0.2, -0.15) is 0 Å². The van der Waals surface area contributed by atoms with Crippen LogP contribution in [0.15, 0.2) is 40.0 Å². The summed E-state index contributed by atoms with van der Waals surface area (Å²) in [5.41, 5.74) is 10.0. The Labute approximate surface area is 180 Å². The van der Waals surface area contributed by atoms with Crippen LogP contribution in [-0.2, 0) is 23.2 Å². The smallest absolute Gasteiger partial charge is 0.0809 e. The Balaban J connectivity index is 0.000000997. The van der Waals surface area contributed by atoms with Crippen molar-refractivity contribution in [2.24, 2.45) is 10.8 Å². The largest absolute Gasteiger partial charge is 0.855 e.